The molecule has 0 spiro atoms. The van der Waals surface area contributed by atoms with Gasteiger partial charge in [-0.1, -0.05) is 43.4 Å². The van der Waals surface area contributed by atoms with E-state index in [1.165, 1.54) is 43.2 Å². The molecule has 1 saturated carbocycles. The third-order valence-electron chi connectivity index (χ3n) is 4.19. The van der Waals surface area contributed by atoms with Crippen molar-refractivity contribution < 1.29 is 0 Å². The van der Waals surface area contributed by atoms with E-state index in [9.17, 15) is 0 Å². The van der Waals surface area contributed by atoms with Crippen LogP contribution in [0.4, 0.5) is 0 Å². The average Bonchev–Trinajstić information content (AvgIpc) is 2.84. The predicted molar refractivity (Wildman–Crippen MR) is 80.7 cm³/mol. The second-order valence-corrected chi connectivity index (χ2v) is 6.59. The van der Waals surface area contributed by atoms with Crippen LogP contribution in [0.25, 0.3) is 0 Å². The Morgan fingerprint density at radius 3 is 2.50 bits per heavy atom. The first-order chi connectivity index (χ1) is 8.58. The first kappa shape index (κ1) is 14.2. The lowest BCUT2D eigenvalue weighted by Crippen LogP contribution is -2.00. The minimum Gasteiger partial charge on any atom is -0.118 e. The molecule has 0 nitrogen and oxygen atoms in total. The van der Waals surface area contributed by atoms with E-state index in [-0.39, 0.29) is 5.38 Å². The van der Waals surface area contributed by atoms with Gasteiger partial charge in [0.05, 0.1) is 5.38 Å². The summed E-state index contributed by atoms with van der Waals surface area (Å²) >= 11 is 12.7. The number of hydrogen-bond donors (Lipinski definition) is 0. The lowest BCUT2D eigenvalue weighted by Gasteiger charge is -2.16. The van der Waals surface area contributed by atoms with E-state index in [2.05, 4.69) is 13.0 Å². The summed E-state index contributed by atoms with van der Waals surface area (Å²) in [4.78, 5) is 0. The first-order valence-corrected chi connectivity index (χ1v) is 7.80. The molecule has 1 unspecified atom stereocenters. The molecular formula is C16H22Cl2. The van der Waals surface area contributed by atoms with Crippen LogP contribution in [0.5, 0.6) is 0 Å². The molecule has 0 aromatic heterocycles. The second-order valence-electron chi connectivity index (χ2n) is 5.65. The van der Waals surface area contributed by atoms with E-state index in [4.69, 9.17) is 23.2 Å². The van der Waals surface area contributed by atoms with E-state index in [0.29, 0.717) is 0 Å². The fraction of sp³-hybridized carbons (Fsp3) is 0.625. The van der Waals surface area contributed by atoms with Crippen molar-refractivity contribution in [1.82, 2.24) is 0 Å². The summed E-state index contributed by atoms with van der Waals surface area (Å²) in [5, 5.41) is 0.984. The molecule has 0 heterocycles. The number of aryl methyl sites for hydroxylation is 2. The topological polar surface area (TPSA) is 0 Å². The van der Waals surface area contributed by atoms with Gasteiger partial charge in [0.15, 0.2) is 0 Å². The average molecular weight is 285 g/mol. The molecule has 0 N–H and O–H groups in total. The first-order valence-electron chi connectivity index (χ1n) is 6.98. The van der Waals surface area contributed by atoms with Gasteiger partial charge in [0, 0.05) is 5.02 Å². The van der Waals surface area contributed by atoms with E-state index in [1.54, 1.807) is 0 Å². The van der Waals surface area contributed by atoms with Crippen molar-refractivity contribution in [3.05, 3.63) is 33.8 Å². The van der Waals surface area contributed by atoms with Crippen LogP contribution >= 0.6 is 23.2 Å². The Labute approximate surface area is 121 Å². The Bertz CT molecular complexity index is 406. The molecule has 2 heteroatoms. The van der Waals surface area contributed by atoms with Crippen LogP contribution in [0.3, 0.4) is 0 Å². The fourth-order valence-electron chi connectivity index (χ4n) is 2.98. The maximum Gasteiger partial charge on any atom is 0.0588 e. The third-order valence-corrected chi connectivity index (χ3v) is 5.05. The second kappa shape index (κ2) is 6.30. The summed E-state index contributed by atoms with van der Waals surface area (Å²) < 4.78 is 0. The van der Waals surface area contributed by atoms with Crippen molar-refractivity contribution in [2.45, 2.75) is 57.7 Å². The molecule has 0 saturated heterocycles. The van der Waals surface area contributed by atoms with E-state index in [1.807, 2.05) is 13.0 Å². The summed E-state index contributed by atoms with van der Waals surface area (Å²) in [7, 11) is 0. The highest BCUT2D eigenvalue weighted by atomic mass is 35.5. The fourth-order valence-corrected chi connectivity index (χ4v) is 3.56. The monoisotopic (exact) mass is 284 g/mol. The number of rotatable bonds is 4. The molecule has 1 aliphatic rings. The van der Waals surface area contributed by atoms with Gasteiger partial charge in [-0.2, -0.15) is 0 Å². The van der Waals surface area contributed by atoms with Crippen LogP contribution in [0.2, 0.25) is 5.02 Å². The SMILES string of the molecule is Cc1cc(C(Cl)CCC2CCCC2)c(C)cc1Cl. The highest BCUT2D eigenvalue weighted by molar-refractivity contribution is 6.31. The maximum atomic E-state index is 6.57. The van der Waals surface area contributed by atoms with Gasteiger partial charge in [-0.05, 0) is 55.4 Å². The standard InChI is InChI=1S/C16H22Cl2/c1-11-10-16(18)12(2)9-14(11)15(17)8-7-13-5-3-4-6-13/h9-10,13,15H,3-8H2,1-2H3. The summed E-state index contributed by atoms with van der Waals surface area (Å²) in [6, 6.07) is 4.20. The van der Waals surface area contributed by atoms with Crippen molar-refractivity contribution >= 4 is 23.2 Å². The molecule has 1 fully saturated rings. The van der Waals surface area contributed by atoms with Gasteiger partial charge in [0.2, 0.25) is 0 Å². The highest BCUT2D eigenvalue weighted by Crippen LogP contribution is 2.36. The van der Waals surface area contributed by atoms with Crippen LogP contribution in [-0.4, -0.2) is 0 Å². The molecular weight excluding hydrogens is 263 g/mol. The molecule has 2 rings (SSSR count). The molecule has 0 bridgehead atoms. The van der Waals surface area contributed by atoms with E-state index >= 15 is 0 Å². The Balaban J connectivity index is 1.99. The van der Waals surface area contributed by atoms with Crippen molar-refractivity contribution in [2.75, 3.05) is 0 Å². The molecule has 0 radical (unpaired) electrons. The van der Waals surface area contributed by atoms with Gasteiger partial charge in [0.1, 0.15) is 0 Å². The number of benzene rings is 1. The van der Waals surface area contributed by atoms with Crippen molar-refractivity contribution in [3.63, 3.8) is 0 Å². The Morgan fingerprint density at radius 1 is 1.17 bits per heavy atom. The number of alkyl halides is 1. The van der Waals surface area contributed by atoms with Gasteiger partial charge in [0.25, 0.3) is 0 Å². The minimum absolute atomic E-state index is 0.140. The van der Waals surface area contributed by atoms with Crippen molar-refractivity contribution in [2.24, 2.45) is 5.92 Å². The van der Waals surface area contributed by atoms with Gasteiger partial charge in [-0.25, -0.2) is 0 Å². The Hall–Kier alpha value is -0.200. The molecule has 0 aliphatic heterocycles. The summed E-state index contributed by atoms with van der Waals surface area (Å²) in [6.45, 7) is 4.15. The smallest absolute Gasteiger partial charge is 0.0588 e. The van der Waals surface area contributed by atoms with Crippen molar-refractivity contribution in [1.29, 1.82) is 0 Å². The Morgan fingerprint density at radius 2 is 1.83 bits per heavy atom. The highest BCUT2D eigenvalue weighted by Gasteiger charge is 2.18. The van der Waals surface area contributed by atoms with Crippen LogP contribution in [0.15, 0.2) is 12.1 Å². The van der Waals surface area contributed by atoms with Crippen molar-refractivity contribution in [3.8, 4) is 0 Å². The molecule has 1 atom stereocenters. The van der Waals surface area contributed by atoms with E-state index < -0.39 is 0 Å². The van der Waals surface area contributed by atoms with E-state index in [0.717, 1.165) is 22.9 Å². The molecule has 100 valence electrons. The lowest BCUT2D eigenvalue weighted by molar-refractivity contribution is 0.479. The van der Waals surface area contributed by atoms with Crippen LogP contribution in [0, 0.1) is 19.8 Å². The lowest BCUT2D eigenvalue weighted by atomic mass is 9.95. The summed E-state index contributed by atoms with van der Waals surface area (Å²) in [5.74, 6) is 0.917. The predicted octanol–water partition coefficient (Wildman–Crippen LogP) is 6.21. The minimum atomic E-state index is 0.140. The molecule has 1 aromatic carbocycles. The quantitative estimate of drug-likeness (QED) is 0.577. The van der Waals surface area contributed by atoms with Gasteiger partial charge in [-0.3, -0.25) is 0 Å². The zero-order valence-corrected chi connectivity index (χ0v) is 12.8. The molecule has 1 aliphatic carbocycles. The number of hydrogen-bond acceptors (Lipinski definition) is 0. The summed E-state index contributed by atoms with van der Waals surface area (Å²) in [5.41, 5.74) is 3.61. The number of halogens is 2. The van der Waals surface area contributed by atoms with Crippen LogP contribution in [-0.2, 0) is 0 Å². The van der Waals surface area contributed by atoms with Crippen LogP contribution in [0.1, 0.15) is 60.6 Å². The Kier molecular flexibility index (Phi) is 4.98. The molecule has 18 heavy (non-hydrogen) atoms. The maximum absolute atomic E-state index is 6.57. The normalized spacial score (nSPS) is 18.2. The van der Waals surface area contributed by atoms with Gasteiger partial charge < -0.3 is 0 Å². The van der Waals surface area contributed by atoms with Gasteiger partial charge >= 0.3 is 0 Å². The largest absolute Gasteiger partial charge is 0.118 e. The zero-order valence-electron chi connectivity index (χ0n) is 11.3. The van der Waals surface area contributed by atoms with Gasteiger partial charge in [-0.15, -0.1) is 11.6 Å². The third kappa shape index (κ3) is 3.42. The summed E-state index contributed by atoms with van der Waals surface area (Å²) in [6.07, 6.45) is 8.00. The van der Waals surface area contributed by atoms with Crippen LogP contribution < -0.4 is 0 Å². The zero-order chi connectivity index (χ0) is 13.1. The molecule has 1 aromatic rings. The molecule has 0 amide bonds.